The first kappa shape index (κ1) is 12.5. The van der Waals surface area contributed by atoms with Crippen molar-refractivity contribution in [2.24, 2.45) is 16.7 Å². The van der Waals surface area contributed by atoms with Crippen molar-refractivity contribution >= 4 is 5.97 Å². The highest BCUT2D eigenvalue weighted by Gasteiger charge is 2.64. The molecule has 4 unspecified atom stereocenters. The third-order valence-corrected chi connectivity index (χ3v) is 5.87. The summed E-state index contributed by atoms with van der Waals surface area (Å²) in [4.78, 5) is 12.1. The molecule has 2 aliphatic carbocycles. The van der Waals surface area contributed by atoms with Crippen molar-refractivity contribution in [1.82, 2.24) is 0 Å². The largest absolute Gasteiger partial charge is 0.481 e. The van der Waals surface area contributed by atoms with Gasteiger partial charge in [0.25, 0.3) is 0 Å². The highest BCUT2D eigenvalue weighted by atomic mass is 16.6. The van der Waals surface area contributed by atoms with Crippen molar-refractivity contribution in [1.29, 1.82) is 0 Å². The molecule has 0 amide bonds. The highest BCUT2D eigenvalue weighted by Crippen LogP contribution is 2.61. The number of carboxylic acids is 1. The van der Waals surface area contributed by atoms with Crippen molar-refractivity contribution < 1.29 is 14.6 Å². The number of aliphatic carboxylic acids is 1. The average molecular weight is 252 g/mol. The van der Waals surface area contributed by atoms with Crippen molar-refractivity contribution in [3.63, 3.8) is 0 Å². The van der Waals surface area contributed by atoms with Crippen LogP contribution in [0.4, 0.5) is 0 Å². The fourth-order valence-electron chi connectivity index (χ4n) is 4.75. The minimum absolute atomic E-state index is 0.102. The second-order valence-corrected chi connectivity index (χ2v) is 7.04. The molecule has 0 spiro atoms. The van der Waals surface area contributed by atoms with Crippen LogP contribution in [0.1, 0.15) is 58.8 Å². The van der Waals surface area contributed by atoms with E-state index < -0.39 is 11.4 Å². The zero-order chi connectivity index (χ0) is 13.0. The quantitative estimate of drug-likeness (QED) is 0.768. The van der Waals surface area contributed by atoms with Gasteiger partial charge in [0.05, 0.1) is 17.6 Å². The molecule has 0 radical (unpaired) electrons. The molecule has 4 atom stereocenters. The minimum Gasteiger partial charge on any atom is -0.481 e. The number of epoxide rings is 1. The highest BCUT2D eigenvalue weighted by molar-refractivity contribution is 5.76. The Labute approximate surface area is 109 Å². The van der Waals surface area contributed by atoms with Crippen LogP contribution < -0.4 is 0 Å². The van der Waals surface area contributed by atoms with E-state index in [0.717, 1.165) is 38.5 Å². The molecule has 3 nitrogen and oxygen atoms in total. The number of fused-ring (bicyclic) bond motifs is 1. The number of carboxylic acid groups (broad SMARTS) is 1. The Bertz CT molecular complexity index is 363. The lowest BCUT2D eigenvalue weighted by atomic mass is 9.50. The van der Waals surface area contributed by atoms with Gasteiger partial charge in [-0.3, -0.25) is 4.79 Å². The summed E-state index contributed by atoms with van der Waals surface area (Å²) in [6, 6.07) is 0. The molecule has 0 aromatic carbocycles. The van der Waals surface area contributed by atoms with Crippen molar-refractivity contribution in [3.8, 4) is 0 Å². The Balaban J connectivity index is 1.97. The molecule has 3 aliphatic rings. The maximum Gasteiger partial charge on any atom is 0.310 e. The van der Waals surface area contributed by atoms with Gasteiger partial charge >= 0.3 is 5.97 Å². The van der Waals surface area contributed by atoms with E-state index in [1.807, 2.05) is 0 Å². The fraction of sp³-hybridized carbons (Fsp3) is 0.933. The summed E-state index contributed by atoms with van der Waals surface area (Å²) in [5, 5.41) is 9.96. The van der Waals surface area contributed by atoms with Crippen LogP contribution >= 0.6 is 0 Å². The lowest BCUT2D eigenvalue weighted by Crippen LogP contribution is -2.54. The van der Waals surface area contributed by atoms with Crippen LogP contribution in [0.25, 0.3) is 0 Å². The van der Waals surface area contributed by atoms with E-state index in [1.165, 1.54) is 6.42 Å². The molecule has 102 valence electrons. The summed E-state index contributed by atoms with van der Waals surface area (Å²) in [6.07, 6.45) is 8.03. The lowest BCUT2D eigenvalue weighted by molar-refractivity contribution is -0.170. The van der Waals surface area contributed by atoms with Crippen LogP contribution in [0.15, 0.2) is 0 Å². The van der Waals surface area contributed by atoms with Gasteiger partial charge in [0, 0.05) is 5.92 Å². The second-order valence-electron chi connectivity index (χ2n) is 7.04. The molecule has 1 N–H and O–H groups in total. The Kier molecular flexibility index (Phi) is 2.74. The van der Waals surface area contributed by atoms with Gasteiger partial charge in [-0.2, -0.15) is 0 Å². The van der Waals surface area contributed by atoms with Gasteiger partial charge in [0.15, 0.2) is 0 Å². The minimum atomic E-state index is -0.576. The first-order valence-electron chi connectivity index (χ1n) is 7.38. The number of ether oxygens (including phenoxy) is 1. The predicted molar refractivity (Wildman–Crippen MR) is 68.3 cm³/mol. The Morgan fingerprint density at radius 1 is 1.17 bits per heavy atom. The normalized spacial score (nSPS) is 46.2. The third-order valence-electron chi connectivity index (χ3n) is 5.87. The fourth-order valence-corrected chi connectivity index (χ4v) is 4.75. The van der Waals surface area contributed by atoms with Gasteiger partial charge in [-0.1, -0.05) is 33.1 Å². The van der Waals surface area contributed by atoms with Gasteiger partial charge in [-0.15, -0.1) is 0 Å². The van der Waals surface area contributed by atoms with Gasteiger partial charge in [-0.25, -0.2) is 0 Å². The number of hydrogen-bond acceptors (Lipinski definition) is 2. The van der Waals surface area contributed by atoms with E-state index in [0.29, 0.717) is 6.10 Å². The summed E-state index contributed by atoms with van der Waals surface area (Å²) >= 11 is 0. The monoisotopic (exact) mass is 252 g/mol. The molecule has 0 bridgehead atoms. The SMILES string of the molecule is CC1(C)CCCCC1(C(=O)O)C1CCCC2OC21. The van der Waals surface area contributed by atoms with E-state index in [9.17, 15) is 9.90 Å². The van der Waals surface area contributed by atoms with Crippen molar-refractivity contribution in [2.45, 2.75) is 71.0 Å². The first-order valence-corrected chi connectivity index (χ1v) is 7.38. The molecule has 1 aliphatic heterocycles. The molecule has 1 saturated heterocycles. The summed E-state index contributed by atoms with van der Waals surface area (Å²) < 4.78 is 5.75. The standard InChI is InChI=1S/C15H24O3/c1-14(2)8-3-4-9-15(14,13(16)17)10-6-5-7-11-12(10)18-11/h10-12H,3-9H2,1-2H3,(H,16,17). The van der Waals surface area contributed by atoms with Gasteiger partial charge in [-0.05, 0) is 31.1 Å². The summed E-state index contributed by atoms with van der Waals surface area (Å²) in [6.45, 7) is 4.32. The molecule has 3 rings (SSSR count). The molecule has 1 heterocycles. The van der Waals surface area contributed by atoms with E-state index in [-0.39, 0.29) is 17.4 Å². The average Bonchev–Trinajstić information content (AvgIpc) is 3.07. The van der Waals surface area contributed by atoms with Gasteiger partial charge in [0.2, 0.25) is 0 Å². The van der Waals surface area contributed by atoms with Crippen molar-refractivity contribution in [2.75, 3.05) is 0 Å². The summed E-state index contributed by atoms with van der Waals surface area (Å²) in [5.74, 6) is -0.336. The molecular formula is C15H24O3. The number of carbonyl (C=O) groups is 1. The van der Waals surface area contributed by atoms with E-state index in [4.69, 9.17) is 4.74 Å². The van der Waals surface area contributed by atoms with Crippen LogP contribution in [-0.2, 0) is 9.53 Å². The first-order chi connectivity index (χ1) is 8.49. The Morgan fingerprint density at radius 2 is 1.89 bits per heavy atom. The summed E-state index contributed by atoms with van der Waals surface area (Å²) in [5.41, 5.74) is -0.652. The van der Waals surface area contributed by atoms with Crippen LogP contribution in [0.5, 0.6) is 0 Å². The Morgan fingerprint density at radius 3 is 2.56 bits per heavy atom. The topological polar surface area (TPSA) is 49.8 Å². The zero-order valence-electron chi connectivity index (χ0n) is 11.4. The maximum absolute atomic E-state index is 12.1. The predicted octanol–water partition coefficient (Wildman–Crippen LogP) is 3.23. The van der Waals surface area contributed by atoms with Gasteiger partial charge < -0.3 is 9.84 Å². The Hall–Kier alpha value is -0.570. The van der Waals surface area contributed by atoms with Crippen molar-refractivity contribution in [3.05, 3.63) is 0 Å². The molecule has 3 heteroatoms. The lowest BCUT2D eigenvalue weighted by Gasteiger charge is -2.52. The smallest absolute Gasteiger partial charge is 0.310 e. The number of rotatable bonds is 2. The molecular weight excluding hydrogens is 228 g/mol. The van der Waals surface area contributed by atoms with Gasteiger partial charge in [0.1, 0.15) is 0 Å². The van der Waals surface area contributed by atoms with E-state index >= 15 is 0 Å². The summed E-state index contributed by atoms with van der Waals surface area (Å²) in [7, 11) is 0. The molecule has 2 saturated carbocycles. The maximum atomic E-state index is 12.1. The second kappa shape index (κ2) is 3.96. The van der Waals surface area contributed by atoms with Crippen LogP contribution in [0.2, 0.25) is 0 Å². The van der Waals surface area contributed by atoms with E-state index in [2.05, 4.69) is 13.8 Å². The van der Waals surface area contributed by atoms with Crippen LogP contribution in [0.3, 0.4) is 0 Å². The molecule has 0 aromatic heterocycles. The molecule has 3 fully saturated rings. The number of hydrogen-bond donors (Lipinski definition) is 1. The zero-order valence-corrected chi connectivity index (χ0v) is 11.4. The molecule has 18 heavy (non-hydrogen) atoms. The van der Waals surface area contributed by atoms with Crippen LogP contribution in [0, 0.1) is 16.7 Å². The van der Waals surface area contributed by atoms with Crippen LogP contribution in [-0.4, -0.2) is 23.3 Å². The molecule has 0 aromatic rings. The van der Waals surface area contributed by atoms with E-state index in [1.54, 1.807) is 0 Å². The third kappa shape index (κ3) is 1.56.